The van der Waals surface area contributed by atoms with E-state index in [-0.39, 0.29) is 11.6 Å². The van der Waals surface area contributed by atoms with Crippen LogP contribution in [0.4, 0.5) is 10.7 Å². The topological polar surface area (TPSA) is 111 Å². The fourth-order valence-corrected chi connectivity index (χ4v) is 7.75. The van der Waals surface area contributed by atoms with E-state index in [4.69, 9.17) is 23.2 Å². The largest absolute Gasteiger partial charge is 0.321 e. The lowest BCUT2D eigenvalue weighted by Gasteiger charge is -2.18. The van der Waals surface area contributed by atoms with E-state index in [0.717, 1.165) is 22.3 Å². The van der Waals surface area contributed by atoms with E-state index >= 15 is 0 Å². The Balaban J connectivity index is 1.24. The van der Waals surface area contributed by atoms with Gasteiger partial charge in [0.1, 0.15) is 22.0 Å². The number of carbonyl (C=O) groups excluding carboxylic acids is 3. The number of halogens is 2. The molecule has 0 spiro atoms. The van der Waals surface area contributed by atoms with E-state index in [1.165, 1.54) is 29.2 Å². The first kappa shape index (κ1) is 37.1. The van der Waals surface area contributed by atoms with Crippen molar-refractivity contribution in [2.24, 2.45) is 0 Å². The Morgan fingerprint density at radius 2 is 1.55 bits per heavy atom. The predicted octanol–water partition coefficient (Wildman–Crippen LogP) is 10.8. The molecule has 53 heavy (non-hydrogen) atoms. The van der Waals surface area contributed by atoms with E-state index in [0.29, 0.717) is 42.3 Å². The fourth-order valence-electron chi connectivity index (χ4n) is 5.28. The van der Waals surface area contributed by atoms with Crippen molar-refractivity contribution in [2.75, 3.05) is 10.6 Å². The van der Waals surface area contributed by atoms with Gasteiger partial charge in [-0.05, 0) is 72.2 Å². The van der Waals surface area contributed by atoms with Crippen molar-refractivity contribution in [3.05, 3.63) is 176 Å². The third-order valence-corrected chi connectivity index (χ3v) is 10.7. The Morgan fingerprint density at radius 3 is 2.25 bits per heavy atom. The molecule has 0 aliphatic carbocycles. The van der Waals surface area contributed by atoms with Crippen molar-refractivity contribution in [3.63, 3.8) is 0 Å². The van der Waals surface area contributed by atoms with Gasteiger partial charge in [-0.3, -0.25) is 14.4 Å². The van der Waals surface area contributed by atoms with Gasteiger partial charge in [-0.15, -0.1) is 23.1 Å². The van der Waals surface area contributed by atoms with Crippen LogP contribution in [0.5, 0.6) is 0 Å². The van der Waals surface area contributed by atoms with Crippen LogP contribution < -0.4 is 16.0 Å². The molecule has 0 bridgehead atoms. The van der Waals surface area contributed by atoms with E-state index in [1.54, 1.807) is 66.7 Å². The molecule has 11 heteroatoms. The van der Waals surface area contributed by atoms with Gasteiger partial charge in [0.25, 0.3) is 11.8 Å². The third kappa shape index (κ3) is 9.43. The number of aryl methyl sites for hydroxylation is 1. The highest BCUT2D eigenvalue weighted by Crippen LogP contribution is 2.40. The molecule has 3 amide bonds. The molecule has 0 saturated carbocycles. The standard InChI is InChI=1S/C42H30Cl2N4O3S2/c1-26-15-17-27(18-16-26)35-25-52-42(34(35)24-45)48-41(51)38(28-9-4-2-5-10-28)53-33-14-8-13-32(23-33)46-40(50)37(21-30-19-20-31(43)22-36(30)44)47-39(49)29-11-6-3-7-12-29/h2-23,25,38H,1H3,(H,46,50)(H,47,49)(H,48,51)/b37-21+. The second kappa shape index (κ2) is 17.3. The molecule has 1 atom stereocenters. The third-order valence-electron chi connectivity index (χ3n) is 7.98. The quantitative estimate of drug-likeness (QED) is 0.0897. The number of nitrogens with zero attached hydrogens (tertiary/aromatic N) is 1. The van der Waals surface area contributed by atoms with Crippen LogP contribution in [-0.4, -0.2) is 17.7 Å². The summed E-state index contributed by atoms with van der Waals surface area (Å²) in [6.07, 6.45) is 1.48. The zero-order chi connectivity index (χ0) is 37.3. The maximum atomic E-state index is 14.0. The number of anilines is 2. The van der Waals surface area contributed by atoms with Gasteiger partial charge in [-0.2, -0.15) is 5.26 Å². The van der Waals surface area contributed by atoms with Gasteiger partial charge in [0.15, 0.2) is 0 Å². The van der Waals surface area contributed by atoms with Gasteiger partial charge < -0.3 is 16.0 Å². The van der Waals surface area contributed by atoms with Gasteiger partial charge in [0.05, 0.1) is 5.56 Å². The Hall–Kier alpha value is -5.63. The minimum atomic E-state index is -0.703. The molecule has 0 fully saturated rings. The van der Waals surface area contributed by atoms with Crippen molar-refractivity contribution in [3.8, 4) is 17.2 Å². The van der Waals surface area contributed by atoms with Crippen LogP contribution in [0.15, 0.2) is 143 Å². The van der Waals surface area contributed by atoms with Gasteiger partial charge in [0.2, 0.25) is 5.91 Å². The van der Waals surface area contributed by atoms with Crippen molar-refractivity contribution >= 4 is 80.8 Å². The molecule has 0 saturated heterocycles. The zero-order valence-corrected chi connectivity index (χ0v) is 31.2. The van der Waals surface area contributed by atoms with Gasteiger partial charge in [0, 0.05) is 37.1 Å². The lowest BCUT2D eigenvalue weighted by atomic mass is 10.0. The number of carbonyl (C=O) groups is 3. The second-order valence-corrected chi connectivity index (χ2v) is 14.7. The first-order valence-corrected chi connectivity index (χ1v) is 18.8. The number of nitriles is 1. The molecule has 6 rings (SSSR count). The zero-order valence-electron chi connectivity index (χ0n) is 28.1. The molecule has 6 aromatic rings. The monoisotopic (exact) mass is 772 g/mol. The predicted molar refractivity (Wildman–Crippen MR) is 216 cm³/mol. The number of rotatable bonds is 11. The number of hydrogen-bond acceptors (Lipinski definition) is 6. The minimum Gasteiger partial charge on any atom is -0.321 e. The van der Waals surface area contributed by atoms with E-state index < -0.39 is 17.1 Å². The maximum absolute atomic E-state index is 14.0. The molecule has 1 unspecified atom stereocenters. The molecule has 0 aliphatic heterocycles. The number of nitrogens with one attached hydrogen (secondary N) is 3. The second-order valence-electron chi connectivity index (χ2n) is 11.8. The SMILES string of the molecule is Cc1ccc(-c2csc(NC(=O)C(Sc3cccc(NC(=O)/C(=C\c4ccc(Cl)cc4Cl)NC(=O)c4ccccc4)c3)c3ccccc3)c2C#N)cc1. The summed E-state index contributed by atoms with van der Waals surface area (Å²) in [6.45, 7) is 2.00. The smallest absolute Gasteiger partial charge is 0.272 e. The number of thioether (sulfide) groups is 1. The normalized spacial score (nSPS) is 11.6. The molecule has 1 heterocycles. The number of amides is 3. The summed E-state index contributed by atoms with van der Waals surface area (Å²) in [5.41, 5.74) is 5.15. The number of thiophene rings is 1. The minimum absolute atomic E-state index is 0.0445. The molecule has 3 N–H and O–H groups in total. The molecule has 0 radical (unpaired) electrons. The first-order valence-electron chi connectivity index (χ1n) is 16.2. The highest BCUT2D eigenvalue weighted by Gasteiger charge is 2.25. The molecule has 5 aromatic carbocycles. The Kier molecular flexibility index (Phi) is 12.1. The van der Waals surface area contributed by atoms with Crippen molar-refractivity contribution < 1.29 is 14.4 Å². The van der Waals surface area contributed by atoms with Crippen molar-refractivity contribution in [1.82, 2.24) is 5.32 Å². The summed E-state index contributed by atoms with van der Waals surface area (Å²) in [6, 6.07) is 39.9. The van der Waals surface area contributed by atoms with E-state index in [9.17, 15) is 19.6 Å². The summed E-state index contributed by atoms with van der Waals surface area (Å²) in [7, 11) is 0. The number of benzene rings is 5. The van der Waals surface area contributed by atoms with Gasteiger partial charge in [-0.1, -0.05) is 114 Å². The molecule has 262 valence electrons. The van der Waals surface area contributed by atoms with Crippen LogP contribution in [0.3, 0.4) is 0 Å². The average Bonchev–Trinajstić information content (AvgIpc) is 3.57. The summed E-state index contributed by atoms with van der Waals surface area (Å²) in [5.74, 6) is -1.38. The van der Waals surface area contributed by atoms with Gasteiger partial charge in [-0.25, -0.2) is 0 Å². The summed E-state index contributed by atoms with van der Waals surface area (Å²) in [5, 5.41) is 21.0. The summed E-state index contributed by atoms with van der Waals surface area (Å²) in [4.78, 5) is 41.6. The van der Waals surface area contributed by atoms with Gasteiger partial charge >= 0.3 is 0 Å². The summed E-state index contributed by atoms with van der Waals surface area (Å²) < 4.78 is 0. The highest BCUT2D eigenvalue weighted by atomic mass is 35.5. The van der Waals surface area contributed by atoms with Crippen LogP contribution in [-0.2, 0) is 9.59 Å². The number of hydrogen-bond donors (Lipinski definition) is 3. The molecule has 0 aliphatic rings. The van der Waals surface area contributed by atoms with Crippen molar-refractivity contribution in [2.45, 2.75) is 17.1 Å². The Bertz CT molecular complexity index is 2360. The van der Waals surface area contributed by atoms with Crippen LogP contribution in [0, 0.1) is 18.3 Å². The highest BCUT2D eigenvalue weighted by molar-refractivity contribution is 8.00. The van der Waals surface area contributed by atoms with Crippen LogP contribution in [0.2, 0.25) is 10.0 Å². The van der Waals surface area contributed by atoms with Crippen LogP contribution in [0.25, 0.3) is 17.2 Å². The molecular weight excluding hydrogens is 744 g/mol. The molecular formula is C42H30Cl2N4O3S2. The van der Waals surface area contributed by atoms with E-state index in [1.807, 2.05) is 73.0 Å². The maximum Gasteiger partial charge on any atom is 0.272 e. The first-order chi connectivity index (χ1) is 25.7. The lowest BCUT2D eigenvalue weighted by molar-refractivity contribution is -0.116. The Morgan fingerprint density at radius 1 is 0.830 bits per heavy atom. The fraction of sp³-hybridized carbons (Fsp3) is 0.0476. The van der Waals surface area contributed by atoms with Crippen molar-refractivity contribution in [1.29, 1.82) is 5.26 Å². The summed E-state index contributed by atoms with van der Waals surface area (Å²) >= 11 is 15.1. The molecule has 1 aromatic heterocycles. The van der Waals surface area contributed by atoms with Crippen LogP contribution in [0.1, 0.15) is 37.9 Å². The lowest BCUT2D eigenvalue weighted by Crippen LogP contribution is -2.30. The Labute approximate surface area is 325 Å². The molecule has 7 nitrogen and oxygen atoms in total. The van der Waals surface area contributed by atoms with E-state index in [2.05, 4.69) is 22.0 Å². The van der Waals surface area contributed by atoms with Crippen LogP contribution >= 0.6 is 46.3 Å². The average molecular weight is 774 g/mol.